The van der Waals surface area contributed by atoms with Crippen molar-refractivity contribution in [2.45, 2.75) is 19.3 Å². The fraction of sp³-hybridized carbons (Fsp3) is 0.889. The number of rotatable bonds is 1. The molecule has 2 rings (SSSR count). The highest BCUT2D eigenvalue weighted by Crippen LogP contribution is 2.35. The summed E-state index contributed by atoms with van der Waals surface area (Å²) in [5.74, 6) is 0.743. The van der Waals surface area contributed by atoms with Gasteiger partial charge in [0.1, 0.15) is 0 Å². The molecule has 2 aliphatic rings. The summed E-state index contributed by atoms with van der Waals surface area (Å²) in [6.07, 6.45) is 2.89. The van der Waals surface area contributed by atoms with E-state index in [1.165, 1.54) is 0 Å². The molecule has 1 heterocycles. The molecule has 1 saturated heterocycles. The highest BCUT2D eigenvalue weighted by atomic mass is 16.4. The Hall–Kier alpha value is -0.570. The summed E-state index contributed by atoms with van der Waals surface area (Å²) in [6.45, 7) is 2.14. The zero-order valence-corrected chi connectivity index (χ0v) is 7.12. The van der Waals surface area contributed by atoms with E-state index in [1.807, 2.05) is 0 Å². The molecule has 12 heavy (non-hydrogen) atoms. The monoisotopic (exact) mass is 169 g/mol. The Labute approximate surface area is 72.2 Å². The van der Waals surface area contributed by atoms with Crippen LogP contribution in [0.3, 0.4) is 0 Å². The molecule has 0 aromatic heterocycles. The molecule has 0 spiro atoms. The van der Waals surface area contributed by atoms with Crippen molar-refractivity contribution in [3.05, 3.63) is 0 Å². The van der Waals surface area contributed by atoms with E-state index in [9.17, 15) is 4.79 Å². The van der Waals surface area contributed by atoms with Gasteiger partial charge in [-0.05, 0) is 44.2 Å². The van der Waals surface area contributed by atoms with Gasteiger partial charge in [0, 0.05) is 0 Å². The fourth-order valence-corrected chi connectivity index (χ4v) is 2.52. The fourth-order valence-electron chi connectivity index (χ4n) is 2.52. The number of hydrogen-bond donors (Lipinski definition) is 2. The maximum Gasteiger partial charge on any atom is 0.306 e. The summed E-state index contributed by atoms with van der Waals surface area (Å²) in [6, 6.07) is 0. The van der Waals surface area contributed by atoms with Crippen molar-refractivity contribution in [2.75, 3.05) is 13.1 Å². The van der Waals surface area contributed by atoms with Crippen LogP contribution >= 0.6 is 0 Å². The average Bonchev–Trinajstić information content (AvgIpc) is 2.49. The number of carbonyl (C=O) groups is 1. The summed E-state index contributed by atoms with van der Waals surface area (Å²) in [7, 11) is 0. The summed E-state index contributed by atoms with van der Waals surface area (Å²) in [4.78, 5) is 10.7. The average molecular weight is 169 g/mol. The number of carboxylic acids is 1. The SMILES string of the molecule is O=C(O)C1CCC2CNCC2C1. The predicted octanol–water partition coefficient (Wildman–Crippen LogP) is 0.707. The van der Waals surface area contributed by atoms with E-state index in [4.69, 9.17) is 5.11 Å². The topological polar surface area (TPSA) is 49.3 Å². The van der Waals surface area contributed by atoms with Gasteiger partial charge in [0.15, 0.2) is 0 Å². The van der Waals surface area contributed by atoms with E-state index in [-0.39, 0.29) is 5.92 Å². The normalized spacial score (nSPS) is 40.8. The molecule has 1 saturated carbocycles. The molecule has 3 atom stereocenters. The van der Waals surface area contributed by atoms with Crippen LogP contribution in [0, 0.1) is 17.8 Å². The Balaban J connectivity index is 1.96. The smallest absolute Gasteiger partial charge is 0.306 e. The van der Waals surface area contributed by atoms with E-state index in [2.05, 4.69) is 5.32 Å². The Morgan fingerprint density at radius 2 is 2.00 bits per heavy atom. The van der Waals surface area contributed by atoms with Crippen molar-refractivity contribution in [1.82, 2.24) is 5.32 Å². The van der Waals surface area contributed by atoms with Gasteiger partial charge >= 0.3 is 5.97 Å². The maximum atomic E-state index is 10.7. The van der Waals surface area contributed by atoms with E-state index in [1.54, 1.807) is 0 Å². The van der Waals surface area contributed by atoms with E-state index < -0.39 is 5.97 Å². The highest BCUT2D eigenvalue weighted by Gasteiger charge is 2.36. The predicted molar refractivity (Wildman–Crippen MR) is 44.8 cm³/mol. The minimum atomic E-state index is -0.597. The van der Waals surface area contributed by atoms with Gasteiger partial charge in [0.25, 0.3) is 0 Å². The first-order valence-corrected chi connectivity index (χ1v) is 4.71. The van der Waals surface area contributed by atoms with Crippen LogP contribution in [-0.4, -0.2) is 24.2 Å². The second kappa shape index (κ2) is 3.05. The second-order valence-corrected chi connectivity index (χ2v) is 4.03. The zero-order chi connectivity index (χ0) is 8.55. The van der Waals surface area contributed by atoms with Gasteiger partial charge in [0.2, 0.25) is 0 Å². The van der Waals surface area contributed by atoms with Gasteiger partial charge < -0.3 is 10.4 Å². The Kier molecular flexibility index (Phi) is 2.05. The number of carboxylic acid groups (broad SMARTS) is 1. The second-order valence-electron chi connectivity index (χ2n) is 4.03. The van der Waals surface area contributed by atoms with Crippen LogP contribution < -0.4 is 5.32 Å². The zero-order valence-electron chi connectivity index (χ0n) is 7.12. The van der Waals surface area contributed by atoms with Gasteiger partial charge in [-0.15, -0.1) is 0 Å². The van der Waals surface area contributed by atoms with Gasteiger partial charge in [-0.1, -0.05) is 0 Å². The van der Waals surface area contributed by atoms with E-state index >= 15 is 0 Å². The molecule has 68 valence electrons. The van der Waals surface area contributed by atoms with E-state index in [0.29, 0.717) is 5.92 Å². The van der Waals surface area contributed by atoms with Crippen LogP contribution in [0.2, 0.25) is 0 Å². The molecule has 0 bridgehead atoms. The van der Waals surface area contributed by atoms with Crippen molar-refractivity contribution in [1.29, 1.82) is 0 Å². The summed E-state index contributed by atoms with van der Waals surface area (Å²) in [5.41, 5.74) is 0. The van der Waals surface area contributed by atoms with Gasteiger partial charge in [-0.3, -0.25) is 4.79 Å². The Bertz CT molecular complexity index is 193. The Morgan fingerprint density at radius 3 is 2.75 bits per heavy atom. The van der Waals surface area contributed by atoms with Crippen molar-refractivity contribution < 1.29 is 9.90 Å². The van der Waals surface area contributed by atoms with Crippen molar-refractivity contribution in [2.24, 2.45) is 17.8 Å². The summed E-state index contributed by atoms with van der Waals surface area (Å²) in [5, 5.41) is 12.2. The van der Waals surface area contributed by atoms with Crippen LogP contribution in [0.4, 0.5) is 0 Å². The molecule has 0 aromatic carbocycles. The molecular weight excluding hydrogens is 154 g/mol. The van der Waals surface area contributed by atoms with Crippen LogP contribution in [-0.2, 0) is 4.79 Å². The lowest BCUT2D eigenvalue weighted by Crippen LogP contribution is -2.28. The van der Waals surface area contributed by atoms with Crippen LogP contribution in [0.5, 0.6) is 0 Å². The first-order valence-electron chi connectivity index (χ1n) is 4.71. The first kappa shape index (κ1) is 8.05. The van der Waals surface area contributed by atoms with Gasteiger partial charge in [-0.2, -0.15) is 0 Å². The summed E-state index contributed by atoms with van der Waals surface area (Å²) < 4.78 is 0. The third-order valence-electron chi connectivity index (χ3n) is 3.30. The van der Waals surface area contributed by atoms with Crippen LogP contribution in [0.1, 0.15) is 19.3 Å². The molecular formula is C9H15NO2. The first-order chi connectivity index (χ1) is 5.77. The van der Waals surface area contributed by atoms with Crippen molar-refractivity contribution in [3.8, 4) is 0 Å². The lowest BCUT2D eigenvalue weighted by Gasteiger charge is -2.28. The number of aliphatic carboxylic acids is 1. The number of nitrogens with one attached hydrogen (secondary N) is 1. The molecule has 3 heteroatoms. The lowest BCUT2D eigenvalue weighted by molar-refractivity contribution is -0.143. The number of hydrogen-bond acceptors (Lipinski definition) is 2. The van der Waals surface area contributed by atoms with Gasteiger partial charge in [-0.25, -0.2) is 0 Å². The highest BCUT2D eigenvalue weighted by molar-refractivity contribution is 5.70. The molecule has 1 aliphatic carbocycles. The largest absolute Gasteiger partial charge is 0.481 e. The standard InChI is InChI=1S/C9H15NO2/c11-9(12)6-1-2-7-4-10-5-8(7)3-6/h6-8,10H,1-5H2,(H,11,12). The molecule has 0 aromatic rings. The van der Waals surface area contributed by atoms with Crippen molar-refractivity contribution in [3.63, 3.8) is 0 Å². The molecule has 2 N–H and O–H groups in total. The summed E-state index contributed by atoms with van der Waals surface area (Å²) >= 11 is 0. The minimum absolute atomic E-state index is 0.0638. The third kappa shape index (κ3) is 1.33. The molecule has 0 amide bonds. The minimum Gasteiger partial charge on any atom is -0.481 e. The van der Waals surface area contributed by atoms with Crippen LogP contribution in [0.25, 0.3) is 0 Å². The molecule has 3 nitrogen and oxygen atoms in total. The molecule has 1 aliphatic heterocycles. The lowest BCUT2D eigenvalue weighted by atomic mass is 9.76. The Morgan fingerprint density at radius 1 is 1.25 bits per heavy atom. The van der Waals surface area contributed by atoms with Crippen LogP contribution in [0.15, 0.2) is 0 Å². The molecule has 2 fully saturated rings. The quantitative estimate of drug-likeness (QED) is 0.607. The van der Waals surface area contributed by atoms with E-state index in [0.717, 1.165) is 38.3 Å². The molecule has 3 unspecified atom stereocenters. The third-order valence-corrected chi connectivity index (χ3v) is 3.30. The van der Waals surface area contributed by atoms with Crippen molar-refractivity contribution >= 4 is 5.97 Å². The maximum absolute atomic E-state index is 10.7. The van der Waals surface area contributed by atoms with Gasteiger partial charge in [0.05, 0.1) is 5.92 Å². The number of fused-ring (bicyclic) bond motifs is 1. The molecule has 0 radical (unpaired) electrons.